The molecule has 29 heavy (non-hydrogen) atoms. The van der Waals surface area contributed by atoms with Crippen LogP contribution in [0.5, 0.6) is 0 Å². The van der Waals surface area contributed by atoms with Gasteiger partial charge < -0.3 is 9.80 Å². The van der Waals surface area contributed by atoms with Gasteiger partial charge in [0.2, 0.25) is 0 Å². The van der Waals surface area contributed by atoms with E-state index in [-0.39, 0.29) is 11.9 Å². The number of hydrogen-bond acceptors (Lipinski definition) is 3. The lowest BCUT2D eigenvalue weighted by atomic mass is 9.95. The highest BCUT2D eigenvalue weighted by Gasteiger charge is 2.26. The molecule has 4 nitrogen and oxygen atoms in total. The summed E-state index contributed by atoms with van der Waals surface area (Å²) in [5.74, 6) is 0.117. The van der Waals surface area contributed by atoms with Gasteiger partial charge in [0.05, 0.1) is 6.04 Å². The summed E-state index contributed by atoms with van der Waals surface area (Å²) in [5, 5.41) is 0. The van der Waals surface area contributed by atoms with Crippen LogP contribution >= 0.6 is 0 Å². The van der Waals surface area contributed by atoms with E-state index in [1.54, 1.807) is 0 Å². The molecule has 0 bridgehead atoms. The number of amides is 1. The van der Waals surface area contributed by atoms with Crippen molar-refractivity contribution < 1.29 is 4.79 Å². The minimum atomic E-state index is 0.117. The number of hydrogen-bond donors (Lipinski definition) is 0. The predicted octanol–water partition coefficient (Wildman–Crippen LogP) is 4.29. The third kappa shape index (κ3) is 5.26. The van der Waals surface area contributed by atoms with E-state index in [1.807, 2.05) is 30.9 Å². The Kier molecular flexibility index (Phi) is 7.84. The maximum atomic E-state index is 12.7. The molecule has 0 radical (unpaired) electrons. The van der Waals surface area contributed by atoms with Crippen LogP contribution in [-0.2, 0) is 0 Å². The van der Waals surface area contributed by atoms with Crippen molar-refractivity contribution in [1.29, 1.82) is 0 Å². The molecular weight excluding hydrogens is 358 g/mol. The second-order valence-corrected chi connectivity index (χ2v) is 7.79. The molecule has 0 saturated carbocycles. The highest BCUT2D eigenvalue weighted by molar-refractivity contribution is 5.94. The van der Waals surface area contributed by atoms with E-state index < -0.39 is 0 Å². The first kappa shape index (κ1) is 21.5. The number of nitrogens with zero attached hydrogens (tertiary/aromatic N) is 3. The first-order chi connectivity index (χ1) is 14.2. The van der Waals surface area contributed by atoms with Crippen LogP contribution in [0.25, 0.3) is 0 Å². The zero-order chi connectivity index (χ0) is 20.6. The molecular formula is C25H35N3O. The van der Waals surface area contributed by atoms with Gasteiger partial charge in [0.1, 0.15) is 0 Å². The fraction of sp³-hybridized carbons (Fsp3) is 0.480. The monoisotopic (exact) mass is 393 g/mol. The van der Waals surface area contributed by atoms with E-state index in [0.29, 0.717) is 0 Å². The lowest BCUT2D eigenvalue weighted by Gasteiger charge is -2.39. The summed E-state index contributed by atoms with van der Waals surface area (Å²) in [4.78, 5) is 19.7. The smallest absolute Gasteiger partial charge is 0.253 e. The molecule has 1 amide bonds. The van der Waals surface area contributed by atoms with E-state index in [9.17, 15) is 4.79 Å². The fourth-order valence-electron chi connectivity index (χ4n) is 4.31. The molecule has 1 fully saturated rings. The number of piperazine rings is 1. The van der Waals surface area contributed by atoms with Gasteiger partial charge >= 0.3 is 0 Å². The fourth-order valence-corrected chi connectivity index (χ4v) is 4.31. The zero-order valence-corrected chi connectivity index (χ0v) is 18.2. The molecule has 2 aromatic rings. The molecule has 3 rings (SSSR count). The van der Waals surface area contributed by atoms with Gasteiger partial charge in [0, 0.05) is 44.8 Å². The van der Waals surface area contributed by atoms with Gasteiger partial charge in [-0.3, -0.25) is 9.69 Å². The Hall–Kier alpha value is -2.17. The number of carbonyl (C=O) groups excluding carboxylic acids is 1. The Morgan fingerprint density at radius 1 is 0.862 bits per heavy atom. The highest BCUT2D eigenvalue weighted by Crippen LogP contribution is 2.30. The highest BCUT2D eigenvalue weighted by atomic mass is 16.2. The summed E-state index contributed by atoms with van der Waals surface area (Å²) >= 11 is 0. The molecule has 0 aromatic heterocycles. The van der Waals surface area contributed by atoms with Crippen molar-refractivity contribution in [3.63, 3.8) is 0 Å². The van der Waals surface area contributed by atoms with Crippen LogP contribution in [0.4, 0.5) is 0 Å². The number of carbonyl (C=O) groups is 1. The van der Waals surface area contributed by atoms with Gasteiger partial charge in [-0.2, -0.15) is 0 Å². The van der Waals surface area contributed by atoms with Crippen LogP contribution < -0.4 is 0 Å². The van der Waals surface area contributed by atoms with Gasteiger partial charge in [-0.1, -0.05) is 49.4 Å². The number of rotatable bonds is 8. The molecule has 0 N–H and O–H groups in total. The Bertz CT molecular complexity index is 747. The van der Waals surface area contributed by atoms with E-state index in [0.717, 1.165) is 44.8 Å². The van der Waals surface area contributed by atoms with Crippen molar-refractivity contribution in [2.24, 2.45) is 0 Å². The molecule has 4 heteroatoms. The lowest BCUT2D eigenvalue weighted by Crippen LogP contribution is -2.47. The second-order valence-electron chi connectivity index (χ2n) is 7.79. The Balaban J connectivity index is 1.83. The molecule has 0 spiro atoms. The Labute approximate surface area is 176 Å². The third-order valence-corrected chi connectivity index (χ3v) is 5.95. The van der Waals surface area contributed by atoms with Crippen LogP contribution in [0, 0.1) is 0 Å². The summed E-state index contributed by atoms with van der Waals surface area (Å²) in [7, 11) is 0. The molecule has 156 valence electrons. The zero-order valence-electron chi connectivity index (χ0n) is 18.2. The molecule has 1 aliphatic rings. The van der Waals surface area contributed by atoms with Crippen molar-refractivity contribution in [3.05, 3.63) is 71.3 Å². The average Bonchev–Trinajstić information content (AvgIpc) is 2.77. The SMILES string of the molecule is CCCN1CCN([C@H](c2ccccc2)c2ccc(C(=O)N(CC)CC)cc2)CC1. The lowest BCUT2D eigenvalue weighted by molar-refractivity contribution is 0.0773. The maximum absolute atomic E-state index is 12.7. The summed E-state index contributed by atoms with van der Waals surface area (Å²) in [6.07, 6.45) is 1.21. The van der Waals surface area contributed by atoms with Crippen molar-refractivity contribution >= 4 is 5.91 Å². The van der Waals surface area contributed by atoms with E-state index in [4.69, 9.17) is 0 Å². The van der Waals surface area contributed by atoms with Crippen LogP contribution in [-0.4, -0.2) is 66.4 Å². The second kappa shape index (κ2) is 10.6. The summed E-state index contributed by atoms with van der Waals surface area (Å²) < 4.78 is 0. The van der Waals surface area contributed by atoms with Gasteiger partial charge in [-0.25, -0.2) is 0 Å². The quantitative estimate of drug-likeness (QED) is 0.670. The topological polar surface area (TPSA) is 26.8 Å². The van der Waals surface area contributed by atoms with E-state index in [2.05, 4.69) is 59.2 Å². The van der Waals surface area contributed by atoms with Gasteiger partial charge in [-0.05, 0) is 50.1 Å². The van der Waals surface area contributed by atoms with Crippen molar-refractivity contribution in [2.45, 2.75) is 33.2 Å². The summed E-state index contributed by atoms with van der Waals surface area (Å²) in [6.45, 7) is 13.4. The molecule has 0 unspecified atom stereocenters. The van der Waals surface area contributed by atoms with Crippen LogP contribution in [0.15, 0.2) is 54.6 Å². The molecule has 1 saturated heterocycles. The standard InChI is InChI=1S/C25H35N3O/c1-4-16-26-17-19-28(20-18-26)24(21-10-8-7-9-11-21)22-12-14-23(15-13-22)25(29)27(5-2)6-3/h7-15,24H,4-6,16-20H2,1-3H3/t24-/m1/s1. The Morgan fingerprint density at radius 2 is 1.45 bits per heavy atom. The Morgan fingerprint density at radius 3 is 2.00 bits per heavy atom. The largest absolute Gasteiger partial charge is 0.339 e. The van der Waals surface area contributed by atoms with E-state index >= 15 is 0 Å². The average molecular weight is 394 g/mol. The minimum absolute atomic E-state index is 0.117. The molecule has 1 heterocycles. The first-order valence-electron chi connectivity index (χ1n) is 11.1. The van der Waals surface area contributed by atoms with Crippen LogP contribution in [0.2, 0.25) is 0 Å². The normalized spacial score (nSPS) is 16.5. The van der Waals surface area contributed by atoms with Gasteiger partial charge in [-0.15, -0.1) is 0 Å². The summed E-state index contributed by atoms with van der Waals surface area (Å²) in [5.41, 5.74) is 3.35. The first-order valence-corrected chi connectivity index (χ1v) is 11.1. The predicted molar refractivity (Wildman–Crippen MR) is 120 cm³/mol. The molecule has 1 atom stereocenters. The van der Waals surface area contributed by atoms with Crippen LogP contribution in [0.3, 0.4) is 0 Å². The molecule has 1 aliphatic heterocycles. The minimum Gasteiger partial charge on any atom is -0.339 e. The van der Waals surface area contributed by atoms with Crippen LogP contribution in [0.1, 0.15) is 54.7 Å². The third-order valence-electron chi connectivity index (χ3n) is 5.95. The molecule has 0 aliphatic carbocycles. The van der Waals surface area contributed by atoms with E-state index in [1.165, 1.54) is 24.1 Å². The number of benzene rings is 2. The van der Waals surface area contributed by atoms with Crippen molar-refractivity contribution in [2.75, 3.05) is 45.8 Å². The van der Waals surface area contributed by atoms with Crippen molar-refractivity contribution in [1.82, 2.24) is 14.7 Å². The van der Waals surface area contributed by atoms with Gasteiger partial charge in [0.25, 0.3) is 5.91 Å². The van der Waals surface area contributed by atoms with Gasteiger partial charge in [0.15, 0.2) is 0 Å². The maximum Gasteiger partial charge on any atom is 0.253 e. The van der Waals surface area contributed by atoms with Crippen molar-refractivity contribution in [3.8, 4) is 0 Å². The molecule has 2 aromatic carbocycles. The summed E-state index contributed by atoms with van der Waals surface area (Å²) in [6, 6.07) is 19.3.